The van der Waals surface area contributed by atoms with Crippen molar-refractivity contribution in [1.82, 2.24) is 18.8 Å². The highest BCUT2D eigenvalue weighted by Gasteiger charge is 2.30. The van der Waals surface area contributed by atoms with E-state index >= 15 is 0 Å². The third-order valence-corrected chi connectivity index (χ3v) is 7.89. The fourth-order valence-corrected chi connectivity index (χ4v) is 5.54. The van der Waals surface area contributed by atoms with Gasteiger partial charge < -0.3 is 4.90 Å². The molecule has 1 fully saturated rings. The molecule has 4 rings (SSSR count). The average molecular weight is 468 g/mol. The molecule has 2 heterocycles. The van der Waals surface area contributed by atoms with Crippen LogP contribution in [0, 0.1) is 11.3 Å². The first kappa shape index (κ1) is 22.1. The van der Waals surface area contributed by atoms with Crippen molar-refractivity contribution in [1.29, 1.82) is 5.26 Å². The highest BCUT2D eigenvalue weighted by Crippen LogP contribution is 2.21. The number of nitrogens with zero attached hydrogens (tertiary/aromatic N) is 5. The summed E-state index contributed by atoms with van der Waals surface area (Å²) in [5.41, 5.74) is 1.80. The zero-order chi connectivity index (χ0) is 22.7. The van der Waals surface area contributed by atoms with E-state index in [4.69, 9.17) is 5.26 Å². The third kappa shape index (κ3) is 4.27. The number of carbonyl (C=O) groups excluding carboxylic acids is 1. The van der Waals surface area contributed by atoms with Crippen LogP contribution in [-0.2, 0) is 10.0 Å². The Hall–Kier alpha value is -3.13. The Bertz CT molecular complexity index is 1270. The maximum Gasteiger partial charge on any atom is 0.254 e. The summed E-state index contributed by atoms with van der Waals surface area (Å²) in [7, 11) is -3.67. The molecule has 0 bridgehead atoms. The average Bonchev–Trinajstić information content (AvgIpc) is 3.33. The summed E-state index contributed by atoms with van der Waals surface area (Å²) in [5.74, 6) is -0.131. The molecule has 0 atom stereocenters. The van der Waals surface area contributed by atoms with Crippen LogP contribution in [0.5, 0.6) is 0 Å². The molecular weight excluding hydrogens is 446 g/mol. The molecule has 0 N–H and O–H groups in total. The first-order chi connectivity index (χ1) is 15.4. The number of thioether (sulfide) groups is 1. The summed E-state index contributed by atoms with van der Waals surface area (Å²) < 4.78 is 29.1. The zero-order valence-electron chi connectivity index (χ0n) is 17.4. The lowest BCUT2D eigenvalue weighted by molar-refractivity contribution is 0.0698. The summed E-state index contributed by atoms with van der Waals surface area (Å²) in [6.45, 7) is 1.04. The molecule has 8 nitrogen and oxygen atoms in total. The number of hydrogen-bond donors (Lipinski definition) is 0. The van der Waals surface area contributed by atoms with Gasteiger partial charge in [-0.25, -0.2) is 13.4 Å². The molecule has 0 spiro atoms. The van der Waals surface area contributed by atoms with Crippen molar-refractivity contribution >= 4 is 27.7 Å². The van der Waals surface area contributed by atoms with Gasteiger partial charge in [-0.1, -0.05) is 17.8 Å². The van der Waals surface area contributed by atoms with Gasteiger partial charge in [0.25, 0.3) is 5.91 Å². The van der Waals surface area contributed by atoms with Crippen LogP contribution in [0.25, 0.3) is 5.69 Å². The molecule has 1 amide bonds. The number of piperazine rings is 1. The number of amides is 1. The Morgan fingerprint density at radius 2 is 1.81 bits per heavy atom. The third-order valence-electron chi connectivity index (χ3n) is 5.31. The molecule has 10 heteroatoms. The quantitative estimate of drug-likeness (QED) is 0.535. The second-order valence-electron chi connectivity index (χ2n) is 7.17. The van der Waals surface area contributed by atoms with Gasteiger partial charge in [-0.05, 0) is 48.7 Å². The molecule has 1 aromatic heterocycles. The van der Waals surface area contributed by atoms with Crippen molar-refractivity contribution in [2.45, 2.75) is 10.1 Å². The monoisotopic (exact) mass is 467 g/mol. The van der Waals surface area contributed by atoms with Gasteiger partial charge in [-0.2, -0.15) is 9.57 Å². The smallest absolute Gasteiger partial charge is 0.254 e. The van der Waals surface area contributed by atoms with Gasteiger partial charge in [-0.15, -0.1) is 0 Å². The van der Waals surface area contributed by atoms with E-state index in [9.17, 15) is 13.2 Å². The summed E-state index contributed by atoms with van der Waals surface area (Å²) in [6, 6.07) is 15.2. The molecule has 0 unspecified atom stereocenters. The van der Waals surface area contributed by atoms with Crippen molar-refractivity contribution in [3.05, 3.63) is 72.1 Å². The maximum absolute atomic E-state index is 13.1. The lowest BCUT2D eigenvalue weighted by Gasteiger charge is -2.34. The number of rotatable bonds is 5. The summed E-state index contributed by atoms with van der Waals surface area (Å²) in [6.07, 6.45) is 5.51. The minimum Gasteiger partial charge on any atom is -0.336 e. The number of carbonyl (C=O) groups is 1. The Balaban J connectivity index is 1.46. The van der Waals surface area contributed by atoms with Crippen LogP contribution in [0.3, 0.4) is 0 Å². The van der Waals surface area contributed by atoms with Gasteiger partial charge in [0.1, 0.15) is 0 Å². The molecule has 1 saturated heterocycles. The van der Waals surface area contributed by atoms with Crippen molar-refractivity contribution < 1.29 is 13.2 Å². The summed E-state index contributed by atoms with van der Waals surface area (Å²) >= 11 is 1.52. The largest absolute Gasteiger partial charge is 0.336 e. The van der Waals surface area contributed by atoms with E-state index in [1.54, 1.807) is 17.2 Å². The van der Waals surface area contributed by atoms with Gasteiger partial charge in [0.15, 0.2) is 5.16 Å². The molecule has 1 aliphatic heterocycles. The van der Waals surface area contributed by atoms with Crippen LogP contribution in [0.4, 0.5) is 0 Å². The lowest BCUT2D eigenvalue weighted by atomic mass is 10.1. The van der Waals surface area contributed by atoms with Gasteiger partial charge in [0, 0.05) is 49.8 Å². The number of benzene rings is 2. The van der Waals surface area contributed by atoms with Crippen LogP contribution in [-0.4, -0.2) is 65.5 Å². The Kier molecular flexibility index (Phi) is 6.32. The van der Waals surface area contributed by atoms with Crippen molar-refractivity contribution in [3.8, 4) is 11.8 Å². The Morgan fingerprint density at radius 1 is 1.09 bits per heavy atom. The van der Waals surface area contributed by atoms with E-state index in [-0.39, 0.29) is 23.9 Å². The molecule has 2 aromatic carbocycles. The Labute approximate surface area is 191 Å². The number of aromatic nitrogens is 2. The highest BCUT2D eigenvalue weighted by atomic mass is 32.2. The minimum absolute atomic E-state index is 0.131. The van der Waals surface area contributed by atoms with Crippen molar-refractivity contribution in [2.75, 3.05) is 32.4 Å². The number of imidazole rings is 1. The molecule has 3 aromatic rings. The molecule has 0 saturated carbocycles. The zero-order valence-corrected chi connectivity index (χ0v) is 19.0. The van der Waals surface area contributed by atoms with Crippen LogP contribution < -0.4 is 0 Å². The van der Waals surface area contributed by atoms with E-state index in [2.05, 4.69) is 4.98 Å². The molecule has 1 aliphatic rings. The van der Waals surface area contributed by atoms with Gasteiger partial charge >= 0.3 is 0 Å². The molecule has 0 aliphatic carbocycles. The van der Waals surface area contributed by atoms with E-state index < -0.39 is 10.0 Å². The van der Waals surface area contributed by atoms with E-state index in [0.29, 0.717) is 24.2 Å². The summed E-state index contributed by atoms with van der Waals surface area (Å²) in [5, 5.41) is 9.73. The highest BCUT2D eigenvalue weighted by molar-refractivity contribution is 7.98. The van der Waals surface area contributed by atoms with E-state index in [1.165, 1.54) is 40.3 Å². The fraction of sp³-hybridized carbons (Fsp3) is 0.227. The van der Waals surface area contributed by atoms with Crippen LogP contribution in [0.15, 0.2) is 71.0 Å². The van der Waals surface area contributed by atoms with Gasteiger partial charge in [0.05, 0.1) is 16.5 Å². The van der Waals surface area contributed by atoms with E-state index in [1.807, 2.05) is 41.3 Å². The van der Waals surface area contributed by atoms with Crippen molar-refractivity contribution in [2.24, 2.45) is 0 Å². The van der Waals surface area contributed by atoms with Crippen LogP contribution in [0.2, 0.25) is 0 Å². The predicted octanol–water partition coefficient (Wildman–Crippen LogP) is 2.61. The number of nitriles is 1. The SMILES string of the molecule is CSc1nccn1-c1cccc(C(=O)N2CCN(S(=O)(=O)c3ccc(C#N)cc3)CC2)c1. The first-order valence-corrected chi connectivity index (χ1v) is 12.6. The standard InChI is InChI=1S/C22H21N5O3S2/c1-31-22-24-9-10-27(22)19-4-2-3-18(15-19)21(28)25-11-13-26(14-12-25)32(29,30)20-7-5-17(16-23)6-8-20/h2-10,15H,11-14H2,1H3. The second kappa shape index (κ2) is 9.16. The van der Waals surface area contributed by atoms with Crippen LogP contribution >= 0.6 is 11.8 Å². The topological polar surface area (TPSA) is 99.3 Å². The molecule has 32 heavy (non-hydrogen) atoms. The number of sulfonamides is 1. The molecule has 164 valence electrons. The first-order valence-electron chi connectivity index (χ1n) is 9.91. The van der Waals surface area contributed by atoms with Gasteiger partial charge in [0.2, 0.25) is 10.0 Å². The normalized spacial score (nSPS) is 14.8. The summed E-state index contributed by atoms with van der Waals surface area (Å²) in [4.78, 5) is 19.2. The second-order valence-corrected chi connectivity index (χ2v) is 9.88. The molecule has 0 radical (unpaired) electrons. The maximum atomic E-state index is 13.1. The van der Waals surface area contributed by atoms with Crippen molar-refractivity contribution in [3.63, 3.8) is 0 Å². The predicted molar refractivity (Wildman–Crippen MR) is 121 cm³/mol. The minimum atomic E-state index is -3.67. The number of hydrogen-bond acceptors (Lipinski definition) is 6. The Morgan fingerprint density at radius 3 is 2.47 bits per heavy atom. The van der Waals surface area contributed by atoms with Crippen LogP contribution in [0.1, 0.15) is 15.9 Å². The lowest BCUT2D eigenvalue weighted by Crippen LogP contribution is -2.50. The van der Waals surface area contributed by atoms with Gasteiger partial charge in [-0.3, -0.25) is 9.36 Å². The molecular formula is C22H21N5O3S2. The van der Waals surface area contributed by atoms with E-state index in [0.717, 1.165) is 10.8 Å². The fourth-order valence-electron chi connectivity index (χ4n) is 3.59.